The van der Waals surface area contributed by atoms with Crippen LogP contribution in [-0.4, -0.2) is 32.5 Å². The summed E-state index contributed by atoms with van der Waals surface area (Å²) in [6.07, 6.45) is 0.0928. The number of hydrogen-bond acceptors (Lipinski definition) is 4. The number of hydrogen-bond donors (Lipinski definition) is 1. The lowest BCUT2D eigenvalue weighted by atomic mass is 10.4. The fraction of sp³-hybridized carbons (Fsp3) is 0.636. The Kier molecular flexibility index (Phi) is 3.06. The summed E-state index contributed by atoms with van der Waals surface area (Å²) in [5.41, 5.74) is 8.72. The number of rotatable bonds is 4. The van der Waals surface area contributed by atoms with Crippen molar-refractivity contribution in [3.05, 3.63) is 5.69 Å². The van der Waals surface area contributed by atoms with Gasteiger partial charge in [-0.15, -0.1) is 0 Å². The van der Waals surface area contributed by atoms with E-state index in [1.807, 2.05) is 23.1 Å². The average molecular weight is 237 g/mol. The number of methoxy groups -OCH3 is 1. The zero-order valence-electron chi connectivity index (χ0n) is 10.8. The van der Waals surface area contributed by atoms with Crippen molar-refractivity contribution in [1.82, 2.24) is 19.3 Å². The number of nitrogen functional groups attached to an aromatic ring is 1. The second-order valence-electron chi connectivity index (χ2n) is 4.20. The SMILES string of the molecule is CCn1nc(C)c2nc(N)n(CC(C)OC)c21. The number of aromatic nitrogens is 4. The maximum atomic E-state index is 5.95. The molecule has 0 saturated carbocycles. The van der Waals surface area contributed by atoms with Crippen LogP contribution in [0.2, 0.25) is 0 Å². The van der Waals surface area contributed by atoms with Crippen molar-refractivity contribution >= 4 is 17.1 Å². The highest BCUT2D eigenvalue weighted by Gasteiger charge is 2.17. The van der Waals surface area contributed by atoms with E-state index in [1.54, 1.807) is 7.11 Å². The molecule has 2 aromatic rings. The predicted molar refractivity (Wildman–Crippen MR) is 66.8 cm³/mol. The van der Waals surface area contributed by atoms with Crippen LogP contribution in [0, 0.1) is 6.92 Å². The Morgan fingerprint density at radius 1 is 1.47 bits per heavy atom. The fourth-order valence-corrected chi connectivity index (χ4v) is 1.97. The summed E-state index contributed by atoms with van der Waals surface area (Å²) in [6.45, 7) is 7.50. The molecule has 0 bridgehead atoms. The molecule has 2 N–H and O–H groups in total. The molecule has 6 heteroatoms. The van der Waals surface area contributed by atoms with Gasteiger partial charge in [0.05, 0.1) is 18.3 Å². The number of aryl methyl sites for hydroxylation is 2. The molecule has 1 unspecified atom stereocenters. The smallest absolute Gasteiger partial charge is 0.202 e. The van der Waals surface area contributed by atoms with Gasteiger partial charge in [-0.05, 0) is 20.8 Å². The van der Waals surface area contributed by atoms with E-state index in [-0.39, 0.29) is 6.10 Å². The van der Waals surface area contributed by atoms with Crippen LogP contribution >= 0.6 is 0 Å². The first kappa shape index (κ1) is 11.9. The van der Waals surface area contributed by atoms with Gasteiger partial charge in [0, 0.05) is 13.7 Å². The first-order valence-electron chi connectivity index (χ1n) is 5.80. The number of fused-ring (bicyclic) bond motifs is 1. The molecule has 0 radical (unpaired) electrons. The van der Waals surface area contributed by atoms with E-state index >= 15 is 0 Å². The van der Waals surface area contributed by atoms with Crippen molar-refractivity contribution in [2.45, 2.75) is 40.0 Å². The molecule has 17 heavy (non-hydrogen) atoms. The van der Waals surface area contributed by atoms with E-state index in [0.29, 0.717) is 12.5 Å². The lowest BCUT2D eigenvalue weighted by Crippen LogP contribution is -2.18. The van der Waals surface area contributed by atoms with Crippen LogP contribution < -0.4 is 5.73 Å². The van der Waals surface area contributed by atoms with Gasteiger partial charge in [0.15, 0.2) is 5.65 Å². The summed E-state index contributed by atoms with van der Waals surface area (Å²) in [7, 11) is 1.69. The highest BCUT2D eigenvalue weighted by atomic mass is 16.5. The van der Waals surface area contributed by atoms with E-state index in [4.69, 9.17) is 10.5 Å². The van der Waals surface area contributed by atoms with Crippen LogP contribution in [0.5, 0.6) is 0 Å². The molecule has 2 aromatic heterocycles. The molecule has 0 aliphatic rings. The number of ether oxygens (including phenoxy) is 1. The van der Waals surface area contributed by atoms with Crippen molar-refractivity contribution < 1.29 is 4.74 Å². The minimum Gasteiger partial charge on any atom is -0.380 e. The largest absolute Gasteiger partial charge is 0.380 e. The summed E-state index contributed by atoms with van der Waals surface area (Å²) in [5, 5.41) is 4.44. The Morgan fingerprint density at radius 2 is 2.18 bits per heavy atom. The molecule has 94 valence electrons. The molecule has 2 heterocycles. The summed E-state index contributed by atoms with van der Waals surface area (Å²) < 4.78 is 9.17. The van der Waals surface area contributed by atoms with Gasteiger partial charge in [-0.3, -0.25) is 4.57 Å². The third-order valence-electron chi connectivity index (χ3n) is 2.97. The lowest BCUT2D eigenvalue weighted by molar-refractivity contribution is 0.104. The molecule has 6 nitrogen and oxygen atoms in total. The zero-order chi connectivity index (χ0) is 12.6. The Labute approximate surface area is 100 Å². The van der Waals surface area contributed by atoms with E-state index in [0.717, 1.165) is 23.4 Å². The maximum Gasteiger partial charge on any atom is 0.202 e. The highest BCUT2D eigenvalue weighted by molar-refractivity contribution is 5.77. The van der Waals surface area contributed by atoms with Gasteiger partial charge in [0.1, 0.15) is 5.52 Å². The van der Waals surface area contributed by atoms with Gasteiger partial charge in [-0.25, -0.2) is 9.67 Å². The quantitative estimate of drug-likeness (QED) is 0.866. The molecule has 1 atom stereocenters. The van der Waals surface area contributed by atoms with Crippen LogP contribution in [0.15, 0.2) is 0 Å². The monoisotopic (exact) mass is 237 g/mol. The van der Waals surface area contributed by atoms with Crippen molar-refractivity contribution in [2.24, 2.45) is 0 Å². The molecule has 0 amide bonds. The van der Waals surface area contributed by atoms with Gasteiger partial charge in [-0.1, -0.05) is 0 Å². The Hall–Kier alpha value is -1.56. The van der Waals surface area contributed by atoms with Crippen LogP contribution in [0.3, 0.4) is 0 Å². The standard InChI is InChI=1S/C11H19N5O/c1-5-16-10-9(8(3)14-16)13-11(12)15(10)6-7(2)17-4/h7H,5-6H2,1-4H3,(H2,12,13). The molecule has 0 aliphatic heterocycles. The van der Waals surface area contributed by atoms with Crippen molar-refractivity contribution in [1.29, 1.82) is 0 Å². The molecule has 2 rings (SSSR count). The van der Waals surface area contributed by atoms with Crippen LogP contribution in [0.25, 0.3) is 11.2 Å². The minimum absolute atomic E-state index is 0.0928. The van der Waals surface area contributed by atoms with Gasteiger partial charge in [0.25, 0.3) is 0 Å². The second kappa shape index (κ2) is 4.37. The van der Waals surface area contributed by atoms with Crippen molar-refractivity contribution in [2.75, 3.05) is 12.8 Å². The molecule has 0 aliphatic carbocycles. The maximum absolute atomic E-state index is 5.95. The number of nitrogens with zero attached hydrogens (tertiary/aromatic N) is 4. The Balaban J connectivity index is 2.56. The molecule has 0 fully saturated rings. The molecule has 0 saturated heterocycles. The normalized spacial score (nSPS) is 13.4. The second-order valence-corrected chi connectivity index (χ2v) is 4.20. The third kappa shape index (κ3) is 1.88. The number of anilines is 1. The van der Waals surface area contributed by atoms with Gasteiger partial charge >= 0.3 is 0 Å². The van der Waals surface area contributed by atoms with Crippen molar-refractivity contribution in [3.8, 4) is 0 Å². The molecular formula is C11H19N5O. The fourth-order valence-electron chi connectivity index (χ4n) is 1.97. The first-order valence-corrected chi connectivity index (χ1v) is 5.80. The summed E-state index contributed by atoms with van der Waals surface area (Å²) >= 11 is 0. The van der Waals surface area contributed by atoms with E-state index in [9.17, 15) is 0 Å². The lowest BCUT2D eigenvalue weighted by Gasteiger charge is -2.12. The zero-order valence-corrected chi connectivity index (χ0v) is 10.8. The van der Waals surface area contributed by atoms with E-state index in [1.165, 1.54) is 0 Å². The summed E-state index contributed by atoms with van der Waals surface area (Å²) in [6, 6.07) is 0. The number of nitrogens with two attached hydrogens (primary N) is 1. The van der Waals surface area contributed by atoms with Crippen LogP contribution in [-0.2, 0) is 17.8 Å². The molecular weight excluding hydrogens is 218 g/mol. The van der Waals surface area contributed by atoms with Crippen LogP contribution in [0.1, 0.15) is 19.5 Å². The topological polar surface area (TPSA) is 70.9 Å². The van der Waals surface area contributed by atoms with Crippen LogP contribution in [0.4, 0.5) is 5.95 Å². The highest BCUT2D eigenvalue weighted by Crippen LogP contribution is 2.21. The molecule has 0 spiro atoms. The first-order chi connectivity index (χ1) is 8.08. The summed E-state index contributed by atoms with van der Waals surface area (Å²) in [5.74, 6) is 0.520. The number of imidazole rings is 1. The third-order valence-corrected chi connectivity index (χ3v) is 2.97. The predicted octanol–water partition coefficient (Wildman–Crippen LogP) is 1.18. The van der Waals surface area contributed by atoms with Gasteiger partial charge in [0.2, 0.25) is 5.95 Å². The van der Waals surface area contributed by atoms with E-state index in [2.05, 4.69) is 17.0 Å². The average Bonchev–Trinajstić information content (AvgIpc) is 2.78. The van der Waals surface area contributed by atoms with E-state index < -0.39 is 0 Å². The Bertz CT molecular complexity index is 527. The minimum atomic E-state index is 0.0928. The van der Waals surface area contributed by atoms with Crippen molar-refractivity contribution in [3.63, 3.8) is 0 Å². The summed E-state index contributed by atoms with van der Waals surface area (Å²) in [4.78, 5) is 4.37. The molecule has 0 aromatic carbocycles. The Morgan fingerprint density at radius 3 is 2.76 bits per heavy atom. The van der Waals surface area contributed by atoms with Gasteiger partial charge in [-0.2, -0.15) is 5.10 Å². The van der Waals surface area contributed by atoms with Gasteiger partial charge < -0.3 is 10.5 Å².